The molecule has 2 aromatic rings. The summed E-state index contributed by atoms with van der Waals surface area (Å²) in [7, 11) is 0. The van der Waals surface area contributed by atoms with Crippen LogP contribution in [-0.4, -0.2) is 46.2 Å². The number of aliphatic hydroxyl groups is 2. The molecule has 0 aromatic heterocycles. The third kappa shape index (κ3) is 5.10. The summed E-state index contributed by atoms with van der Waals surface area (Å²) >= 11 is 0. The van der Waals surface area contributed by atoms with Crippen LogP contribution in [0.3, 0.4) is 0 Å². The summed E-state index contributed by atoms with van der Waals surface area (Å²) in [5.41, 5.74) is 1.11. The van der Waals surface area contributed by atoms with Gasteiger partial charge in [0.2, 0.25) is 0 Å². The molecule has 0 radical (unpaired) electrons. The molecular formula is C22H24O5. The quantitative estimate of drug-likeness (QED) is 0.700. The van der Waals surface area contributed by atoms with E-state index in [0.717, 1.165) is 0 Å². The lowest BCUT2D eigenvalue weighted by Gasteiger charge is -2.21. The second kappa shape index (κ2) is 9.04. The Morgan fingerprint density at radius 3 is 1.52 bits per heavy atom. The van der Waals surface area contributed by atoms with Crippen LogP contribution in [0.5, 0.6) is 0 Å². The van der Waals surface area contributed by atoms with Crippen molar-refractivity contribution >= 4 is 11.6 Å². The van der Waals surface area contributed by atoms with Crippen molar-refractivity contribution in [1.82, 2.24) is 0 Å². The Labute approximate surface area is 158 Å². The maximum atomic E-state index is 12.2. The average molecular weight is 368 g/mol. The summed E-state index contributed by atoms with van der Waals surface area (Å²) in [4.78, 5) is 24.4. The van der Waals surface area contributed by atoms with Crippen molar-refractivity contribution in [1.29, 1.82) is 0 Å². The first kappa shape index (κ1) is 19.4. The second-order valence-electron chi connectivity index (χ2n) is 6.91. The van der Waals surface area contributed by atoms with Gasteiger partial charge in [-0.3, -0.25) is 9.59 Å². The van der Waals surface area contributed by atoms with Gasteiger partial charge in [-0.2, -0.15) is 0 Å². The van der Waals surface area contributed by atoms with Gasteiger partial charge < -0.3 is 14.9 Å². The first-order valence-corrected chi connectivity index (χ1v) is 9.22. The van der Waals surface area contributed by atoms with E-state index in [4.69, 9.17) is 4.74 Å². The predicted octanol–water partition coefficient (Wildman–Crippen LogP) is 2.80. The molecule has 5 heteroatoms. The van der Waals surface area contributed by atoms with Crippen LogP contribution in [-0.2, 0) is 4.74 Å². The van der Waals surface area contributed by atoms with Crippen LogP contribution in [0, 0.1) is 0 Å². The van der Waals surface area contributed by atoms with Gasteiger partial charge in [-0.25, -0.2) is 0 Å². The molecule has 2 aromatic carbocycles. The van der Waals surface area contributed by atoms with Gasteiger partial charge in [-0.15, -0.1) is 0 Å². The van der Waals surface area contributed by atoms with Gasteiger partial charge in [0.15, 0.2) is 11.6 Å². The molecule has 0 saturated carbocycles. The second-order valence-corrected chi connectivity index (χ2v) is 6.91. The van der Waals surface area contributed by atoms with Crippen LogP contribution < -0.4 is 0 Å². The molecule has 1 saturated heterocycles. The molecule has 1 unspecified atom stereocenters. The molecule has 1 heterocycles. The van der Waals surface area contributed by atoms with Crippen LogP contribution in [0.15, 0.2) is 60.7 Å². The highest BCUT2D eigenvalue weighted by atomic mass is 16.5. The lowest BCUT2D eigenvalue weighted by molar-refractivity contribution is -0.0736. The molecule has 3 rings (SSSR count). The Morgan fingerprint density at radius 2 is 1.15 bits per heavy atom. The van der Waals surface area contributed by atoms with Gasteiger partial charge in [-0.1, -0.05) is 60.7 Å². The van der Waals surface area contributed by atoms with Crippen molar-refractivity contribution in [3.8, 4) is 0 Å². The van der Waals surface area contributed by atoms with Crippen molar-refractivity contribution < 1.29 is 24.5 Å². The van der Waals surface area contributed by atoms with Crippen LogP contribution in [0.1, 0.15) is 46.4 Å². The maximum Gasteiger partial charge on any atom is 0.165 e. The fourth-order valence-electron chi connectivity index (χ4n) is 3.38. The van der Waals surface area contributed by atoms with Gasteiger partial charge >= 0.3 is 0 Å². The van der Waals surface area contributed by atoms with E-state index < -0.39 is 24.4 Å². The van der Waals surface area contributed by atoms with Crippen LogP contribution >= 0.6 is 0 Å². The summed E-state index contributed by atoms with van der Waals surface area (Å²) in [6, 6.07) is 17.6. The van der Waals surface area contributed by atoms with Crippen LogP contribution in [0.25, 0.3) is 0 Å². The van der Waals surface area contributed by atoms with Crippen LogP contribution in [0.2, 0.25) is 0 Å². The number of benzene rings is 2. The number of hydrogen-bond acceptors (Lipinski definition) is 5. The molecule has 27 heavy (non-hydrogen) atoms. The highest BCUT2D eigenvalue weighted by molar-refractivity contribution is 5.96. The van der Waals surface area contributed by atoms with E-state index in [1.54, 1.807) is 48.5 Å². The number of Topliss-reactive ketones (excluding diaryl/α,β-unsaturated/α-hetero) is 2. The first-order chi connectivity index (χ1) is 13.0. The van der Waals surface area contributed by atoms with Crippen molar-refractivity contribution in [3.05, 3.63) is 71.8 Å². The van der Waals surface area contributed by atoms with E-state index in [9.17, 15) is 19.8 Å². The minimum Gasteiger partial charge on any atom is -0.390 e. The van der Waals surface area contributed by atoms with Crippen molar-refractivity contribution in [2.45, 2.75) is 50.1 Å². The molecule has 0 bridgehead atoms. The lowest BCUT2D eigenvalue weighted by Crippen LogP contribution is -2.33. The van der Waals surface area contributed by atoms with E-state index in [2.05, 4.69) is 0 Å². The van der Waals surface area contributed by atoms with Gasteiger partial charge in [0.05, 0.1) is 24.4 Å². The fraction of sp³-hybridized carbons (Fsp3) is 0.364. The number of aliphatic hydroxyl groups excluding tert-OH is 2. The minimum atomic E-state index is -0.931. The molecule has 4 atom stereocenters. The zero-order valence-electron chi connectivity index (χ0n) is 15.0. The maximum absolute atomic E-state index is 12.2. The standard InChI is InChI=1S/C22H24O5/c23-17(15-7-3-1-4-8-15)13-19(25)21-11-12-22(27-21)20(26)14-18(24)16-9-5-2-6-10-16/h1-10,19-22,25-26H,11-14H2/t19-,20?,21+,22-/m1/s1. The third-order valence-corrected chi connectivity index (χ3v) is 4.92. The normalized spacial score (nSPS) is 21.6. The van der Waals surface area contributed by atoms with Gasteiger partial charge in [0.1, 0.15) is 0 Å². The number of ketones is 2. The molecule has 1 aliphatic heterocycles. The van der Waals surface area contributed by atoms with Crippen molar-refractivity contribution in [2.24, 2.45) is 0 Å². The zero-order valence-corrected chi connectivity index (χ0v) is 15.0. The Morgan fingerprint density at radius 1 is 0.778 bits per heavy atom. The number of rotatable bonds is 8. The lowest BCUT2D eigenvalue weighted by atomic mass is 9.99. The summed E-state index contributed by atoms with van der Waals surface area (Å²) in [6.07, 6.45) is -1.84. The van der Waals surface area contributed by atoms with Gasteiger partial charge in [0, 0.05) is 24.0 Å². The molecule has 1 fully saturated rings. The van der Waals surface area contributed by atoms with Gasteiger partial charge in [0.25, 0.3) is 0 Å². The van der Waals surface area contributed by atoms with E-state index in [1.807, 2.05) is 12.1 Å². The SMILES string of the molecule is O=C(CC(O)[C@H]1CC[C@@H]([C@H](O)CC(=O)c2ccccc2)O1)c1ccccc1. The van der Waals surface area contributed by atoms with E-state index in [-0.39, 0.29) is 24.4 Å². The summed E-state index contributed by atoms with van der Waals surface area (Å²) in [5.74, 6) is -0.287. The molecule has 2 N–H and O–H groups in total. The van der Waals surface area contributed by atoms with Crippen molar-refractivity contribution in [3.63, 3.8) is 0 Å². The Bertz CT molecular complexity index is 693. The predicted molar refractivity (Wildman–Crippen MR) is 101 cm³/mol. The Kier molecular flexibility index (Phi) is 6.50. The van der Waals surface area contributed by atoms with E-state index in [1.165, 1.54) is 0 Å². The fourth-order valence-corrected chi connectivity index (χ4v) is 3.38. The highest BCUT2D eigenvalue weighted by Gasteiger charge is 2.36. The molecule has 0 aliphatic carbocycles. The molecular weight excluding hydrogens is 344 g/mol. The summed E-state index contributed by atoms with van der Waals surface area (Å²) in [6.45, 7) is 0. The zero-order chi connectivity index (χ0) is 19.2. The molecule has 0 spiro atoms. The minimum absolute atomic E-state index is 0.0273. The molecule has 0 amide bonds. The number of carbonyl (C=O) groups excluding carboxylic acids is 2. The smallest absolute Gasteiger partial charge is 0.165 e. The average Bonchev–Trinajstić information content (AvgIpc) is 3.20. The summed E-state index contributed by atoms with van der Waals surface area (Å²) in [5, 5.41) is 20.7. The Hall–Kier alpha value is -2.34. The van der Waals surface area contributed by atoms with Crippen molar-refractivity contribution in [2.75, 3.05) is 0 Å². The third-order valence-electron chi connectivity index (χ3n) is 4.92. The number of carbonyl (C=O) groups is 2. The molecule has 5 nitrogen and oxygen atoms in total. The van der Waals surface area contributed by atoms with E-state index >= 15 is 0 Å². The monoisotopic (exact) mass is 368 g/mol. The highest BCUT2D eigenvalue weighted by Crippen LogP contribution is 2.27. The first-order valence-electron chi connectivity index (χ1n) is 9.22. The van der Waals surface area contributed by atoms with Crippen LogP contribution in [0.4, 0.5) is 0 Å². The van der Waals surface area contributed by atoms with E-state index in [0.29, 0.717) is 24.0 Å². The largest absolute Gasteiger partial charge is 0.390 e. The number of ether oxygens (including phenoxy) is 1. The Balaban J connectivity index is 1.50. The topological polar surface area (TPSA) is 83.8 Å². The number of hydrogen-bond donors (Lipinski definition) is 2. The summed E-state index contributed by atoms with van der Waals surface area (Å²) < 4.78 is 5.75. The molecule has 1 aliphatic rings. The van der Waals surface area contributed by atoms with Gasteiger partial charge in [-0.05, 0) is 12.8 Å². The molecule has 142 valence electrons.